The fraction of sp³-hybridized carbons (Fsp3) is 0.143. The van der Waals surface area contributed by atoms with Gasteiger partial charge in [-0.2, -0.15) is 4.39 Å². The van der Waals surface area contributed by atoms with E-state index < -0.39 is 28.9 Å². The molecule has 0 atom stereocenters. The van der Waals surface area contributed by atoms with Crippen molar-refractivity contribution < 1.29 is 18.0 Å². The van der Waals surface area contributed by atoms with Gasteiger partial charge in [-0.05, 0) is 34.2 Å². The second-order valence-electron chi connectivity index (χ2n) is 2.27. The molecule has 0 fully saturated rings. The fourth-order valence-electron chi connectivity index (χ4n) is 0.806. The molecule has 0 aliphatic rings. The largest absolute Gasteiger partial charge is 0.274 e. The van der Waals surface area contributed by atoms with Crippen LogP contribution in [-0.4, -0.2) is 10.2 Å². The van der Waals surface area contributed by atoms with Gasteiger partial charge in [0.25, 0.3) is 11.7 Å². The minimum absolute atomic E-state index is 0.126. The SMILES string of the molecule is O=C(Cl)c1nc(F)cc(C(F)F)c1I. The van der Waals surface area contributed by atoms with Crippen molar-refractivity contribution >= 4 is 39.4 Å². The van der Waals surface area contributed by atoms with Crippen LogP contribution in [0.5, 0.6) is 0 Å². The van der Waals surface area contributed by atoms with Gasteiger partial charge in [0.05, 0.1) is 3.57 Å². The van der Waals surface area contributed by atoms with Crippen molar-refractivity contribution in [2.24, 2.45) is 0 Å². The summed E-state index contributed by atoms with van der Waals surface area (Å²) >= 11 is 6.51. The lowest BCUT2D eigenvalue weighted by molar-refractivity contribution is 0.107. The van der Waals surface area contributed by atoms with Gasteiger partial charge in [-0.1, -0.05) is 0 Å². The molecule has 0 aromatic carbocycles. The lowest BCUT2D eigenvalue weighted by Crippen LogP contribution is -2.05. The van der Waals surface area contributed by atoms with Crippen molar-refractivity contribution in [3.05, 3.63) is 26.8 Å². The summed E-state index contributed by atoms with van der Waals surface area (Å²) in [6.07, 6.45) is -2.87. The van der Waals surface area contributed by atoms with Gasteiger partial charge in [0, 0.05) is 11.6 Å². The molecular formula is C7H2ClF3INO. The zero-order valence-corrected chi connectivity index (χ0v) is 9.31. The average molecular weight is 335 g/mol. The van der Waals surface area contributed by atoms with Crippen LogP contribution in [0.15, 0.2) is 6.07 Å². The van der Waals surface area contributed by atoms with Gasteiger partial charge in [0.1, 0.15) is 5.69 Å². The normalized spacial score (nSPS) is 10.7. The van der Waals surface area contributed by atoms with E-state index in [0.29, 0.717) is 6.07 Å². The van der Waals surface area contributed by atoms with Crippen molar-refractivity contribution in [2.45, 2.75) is 6.43 Å². The summed E-state index contributed by atoms with van der Waals surface area (Å²) in [7, 11) is 0. The van der Waals surface area contributed by atoms with Gasteiger partial charge in [-0.15, -0.1) is 0 Å². The second-order valence-corrected chi connectivity index (χ2v) is 3.69. The first-order valence-corrected chi connectivity index (χ1v) is 4.73. The van der Waals surface area contributed by atoms with Gasteiger partial charge in [0.15, 0.2) is 0 Å². The molecule has 0 spiro atoms. The highest BCUT2D eigenvalue weighted by atomic mass is 127. The Kier molecular flexibility index (Phi) is 3.71. The average Bonchev–Trinajstić information content (AvgIpc) is 2.07. The van der Waals surface area contributed by atoms with Crippen molar-refractivity contribution in [2.75, 3.05) is 0 Å². The molecule has 0 amide bonds. The van der Waals surface area contributed by atoms with E-state index in [1.54, 1.807) is 0 Å². The molecule has 0 bridgehead atoms. The number of aromatic nitrogens is 1. The van der Waals surface area contributed by atoms with Crippen LogP contribution in [0.3, 0.4) is 0 Å². The second kappa shape index (κ2) is 4.43. The molecule has 0 unspecified atom stereocenters. The van der Waals surface area contributed by atoms with Crippen molar-refractivity contribution in [1.82, 2.24) is 4.98 Å². The molecule has 2 nitrogen and oxygen atoms in total. The number of rotatable bonds is 2. The van der Waals surface area contributed by atoms with E-state index in [4.69, 9.17) is 11.6 Å². The van der Waals surface area contributed by atoms with Gasteiger partial charge < -0.3 is 0 Å². The van der Waals surface area contributed by atoms with Crippen LogP contribution in [0.25, 0.3) is 0 Å². The van der Waals surface area contributed by atoms with Gasteiger partial charge in [-0.25, -0.2) is 13.8 Å². The maximum Gasteiger partial charge on any atom is 0.272 e. The number of halogens is 5. The van der Waals surface area contributed by atoms with Gasteiger partial charge in [-0.3, -0.25) is 4.79 Å². The summed E-state index contributed by atoms with van der Waals surface area (Å²) in [5.74, 6) is -1.15. The molecule has 14 heavy (non-hydrogen) atoms. The number of pyridine rings is 1. The zero-order valence-electron chi connectivity index (χ0n) is 6.40. The highest BCUT2D eigenvalue weighted by Gasteiger charge is 2.20. The molecule has 1 rings (SSSR count). The maximum absolute atomic E-state index is 12.7. The van der Waals surface area contributed by atoms with E-state index in [1.807, 2.05) is 0 Å². The van der Waals surface area contributed by atoms with Crippen LogP contribution in [-0.2, 0) is 0 Å². The van der Waals surface area contributed by atoms with E-state index in [2.05, 4.69) is 4.98 Å². The number of nitrogens with zero attached hydrogens (tertiary/aromatic N) is 1. The molecule has 1 aromatic heterocycles. The summed E-state index contributed by atoms with van der Waals surface area (Å²) in [6.45, 7) is 0. The van der Waals surface area contributed by atoms with E-state index in [1.165, 1.54) is 22.6 Å². The van der Waals surface area contributed by atoms with Crippen LogP contribution in [0.2, 0.25) is 0 Å². The summed E-state index contributed by atoms with van der Waals surface area (Å²) in [6, 6.07) is 0.579. The van der Waals surface area contributed by atoms with E-state index >= 15 is 0 Å². The lowest BCUT2D eigenvalue weighted by atomic mass is 10.2. The first-order valence-electron chi connectivity index (χ1n) is 3.27. The Labute approximate surface area is 95.6 Å². The quantitative estimate of drug-likeness (QED) is 0.472. The molecule has 1 aromatic rings. The first kappa shape index (κ1) is 11.7. The van der Waals surface area contributed by atoms with Crippen LogP contribution in [0.1, 0.15) is 22.5 Å². The molecule has 0 saturated carbocycles. The number of hydrogen-bond acceptors (Lipinski definition) is 2. The Morgan fingerprint density at radius 1 is 1.57 bits per heavy atom. The lowest BCUT2D eigenvalue weighted by Gasteiger charge is -2.05. The number of carbonyl (C=O) groups is 1. The Bertz CT molecular complexity index is 385. The Morgan fingerprint density at radius 2 is 2.14 bits per heavy atom. The zero-order chi connectivity index (χ0) is 10.9. The highest BCUT2D eigenvalue weighted by Crippen LogP contribution is 2.27. The number of carbonyl (C=O) groups excluding carboxylic acids is 1. The molecule has 1 heterocycles. The third kappa shape index (κ3) is 2.35. The molecular weight excluding hydrogens is 333 g/mol. The molecule has 76 valence electrons. The molecule has 7 heteroatoms. The van der Waals surface area contributed by atoms with E-state index in [0.717, 1.165) is 0 Å². The van der Waals surface area contributed by atoms with Crippen LogP contribution in [0.4, 0.5) is 13.2 Å². The Hall–Kier alpha value is -0.370. The standard InChI is InChI=1S/C7H2ClF3INO/c8-6(14)5-4(12)2(7(10)11)1-3(9)13-5/h1,7H. The van der Waals surface area contributed by atoms with Crippen LogP contribution in [0, 0.1) is 9.52 Å². The summed E-state index contributed by atoms with van der Waals surface area (Å²) in [5.41, 5.74) is -1.07. The van der Waals surface area contributed by atoms with Crippen molar-refractivity contribution in [3.63, 3.8) is 0 Å². The Morgan fingerprint density at radius 3 is 2.57 bits per heavy atom. The molecule has 0 aliphatic carbocycles. The molecule has 0 aliphatic heterocycles. The molecule has 0 saturated heterocycles. The number of hydrogen-bond donors (Lipinski definition) is 0. The highest BCUT2D eigenvalue weighted by molar-refractivity contribution is 14.1. The topological polar surface area (TPSA) is 30.0 Å². The predicted molar refractivity (Wildman–Crippen MR) is 52.1 cm³/mol. The first-order chi connectivity index (χ1) is 6.43. The summed E-state index contributed by atoms with van der Waals surface area (Å²) in [5, 5.41) is -1.06. The minimum atomic E-state index is -2.87. The van der Waals surface area contributed by atoms with E-state index in [9.17, 15) is 18.0 Å². The molecule has 0 N–H and O–H groups in total. The van der Waals surface area contributed by atoms with E-state index in [-0.39, 0.29) is 3.57 Å². The predicted octanol–water partition coefficient (Wildman–Crippen LogP) is 3.14. The number of alkyl halides is 2. The van der Waals surface area contributed by atoms with Crippen LogP contribution >= 0.6 is 34.2 Å². The monoisotopic (exact) mass is 335 g/mol. The maximum atomic E-state index is 12.7. The third-order valence-electron chi connectivity index (χ3n) is 1.38. The smallest absolute Gasteiger partial charge is 0.272 e. The third-order valence-corrected chi connectivity index (χ3v) is 2.69. The fourth-order valence-corrected chi connectivity index (χ4v) is 1.86. The van der Waals surface area contributed by atoms with Crippen LogP contribution < -0.4 is 0 Å². The minimum Gasteiger partial charge on any atom is -0.274 e. The van der Waals surface area contributed by atoms with Crippen molar-refractivity contribution in [3.8, 4) is 0 Å². The summed E-state index contributed by atoms with van der Waals surface area (Å²) in [4.78, 5) is 13.8. The van der Waals surface area contributed by atoms with Crippen molar-refractivity contribution in [1.29, 1.82) is 0 Å². The Balaban J connectivity index is 3.40. The van der Waals surface area contributed by atoms with Gasteiger partial charge >= 0.3 is 0 Å². The summed E-state index contributed by atoms with van der Waals surface area (Å²) < 4.78 is 37.1. The van der Waals surface area contributed by atoms with Gasteiger partial charge in [0.2, 0.25) is 5.95 Å². The molecule has 0 radical (unpaired) electrons.